The molecule has 0 heterocycles. The van der Waals surface area contributed by atoms with E-state index in [0.717, 1.165) is 11.5 Å². The molecule has 0 aliphatic heterocycles. The summed E-state index contributed by atoms with van der Waals surface area (Å²) in [5.74, 6) is 0.739. The first-order valence-electron chi connectivity index (χ1n) is 6.73. The van der Waals surface area contributed by atoms with Crippen LogP contribution in [0.1, 0.15) is 38.2 Å². The number of hydrogen-bond donors (Lipinski definition) is 1. The number of anilines is 1. The van der Waals surface area contributed by atoms with Crippen molar-refractivity contribution in [3.8, 4) is 0 Å². The van der Waals surface area contributed by atoms with Crippen LogP contribution < -0.4 is 10.6 Å². The summed E-state index contributed by atoms with van der Waals surface area (Å²) in [7, 11) is 2.17. The molecule has 18 heavy (non-hydrogen) atoms. The highest BCUT2D eigenvalue weighted by Crippen LogP contribution is 2.31. The van der Waals surface area contributed by atoms with Gasteiger partial charge in [0.25, 0.3) is 0 Å². The van der Waals surface area contributed by atoms with Gasteiger partial charge in [-0.3, -0.25) is 0 Å². The summed E-state index contributed by atoms with van der Waals surface area (Å²) in [4.78, 5) is 2.86. The lowest BCUT2D eigenvalue weighted by molar-refractivity contribution is 0.321. The Bertz CT molecular complexity index is 430. The molecule has 1 aliphatic rings. The molecule has 2 nitrogen and oxygen atoms in total. The van der Waals surface area contributed by atoms with E-state index in [1.165, 1.54) is 31.4 Å². The van der Waals surface area contributed by atoms with Crippen LogP contribution in [0.3, 0.4) is 0 Å². The van der Waals surface area contributed by atoms with Gasteiger partial charge in [0, 0.05) is 24.3 Å². The van der Waals surface area contributed by atoms with Crippen molar-refractivity contribution in [1.82, 2.24) is 0 Å². The summed E-state index contributed by atoms with van der Waals surface area (Å²) < 4.78 is 0. The van der Waals surface area contributed by atoms with E-state index in [0.29, 0.717) is 11.0 Å². The Balaban J connectivity index is 2.27. The smallest absolute Gasteiger partial charge is 0.106 e. The molecule has 0 radical (unpaired) electrons. The first kappa shape index (κ1) is 13.3. The van der Waals surface area contributed by atoms with Gasteiger partial charge >= 0.3 is 0 Å². The minimum Gasteiger partial charge on any atom is -0.389 e. The van der Waals surface area contributed by atoms with Crippen molar-refractivity contribution in [2.45, 2.75) is 38.6 Å². The third-order valence-electron chi connectivity index (χ3n) is 4.11. The Labute approximate surface area is 115 Å². The number of benzene rings is 1. The van der Waals surface area contributed by atoms with Gasteiger partial charge in [0.2, 0.25) is 0 Å². The molecule has 2 N–H and O–H groups in total. The maximum atomic E-state index is 5.82. The number of nitrogens with zero attached hydrogens (tertiary/aromatic N) is 1. The lowest BCUT2D eigenvalue weighted by Crippen LogP contribution is -2.39. The van der Waals surface area contributed by atoms with Crippen LogP contribution in [0.5, 0.6) is 0 Å². The van der Waals surface area contributed by atoms with Gasteiger partial charge in [-0.05, 0) is 30.9 Å². The predicted octanol–water partition coefficient (Wildman–Crippen LogP) is 3.34. The SMILES string of the molecule is CC1CCCCC1N(C)c1ccccc1C(N)=S. The van der Waals surface area contributed by atoms with Gasteiger partial charge in [0.1, 0.15) is 4.99 Å². The van der Waals surface area contributed by atoms with E-state index in [9.17, 15) is 0 Å². The van der Waals surface area contributed by atoms with Crippen LogP contribution in [-0.2, 0) is 0 Å². The van der Waals surface area contributed by atoms with Gasteiger partial charge in [0.15, 0.2) is 0 Å². The molecule has 98 valence electrons. The molecule has 2 unspecified atom stereocenters. The Hall–Kier alpha value is -1.09. The first-order chi connectivity index (χ1) is 8.61. The highest BCUT2D eigenvalue weighted by Gasteiger charge is 2.26. The topological polar surface area (TPSA) is 29.3 Å². The standard InChI is InChI=1S/C15H22N2S/c1-11-7-3-5-9-13(11)17(2)14-10-6-4-8-12(14)15(16)18/h4,6,8,10-11,13H,3,5,7,9H2,1-2H3,(H2,16,18). The quantitative estimate of drug-likeness (QED) is 0.847. The van der Waals surface area contributed by atoms with Crippen LogP contribution in [0.25, 0.3) is 0 Å². The highest BCUT2D eigenvalue weighted by atomic mass is 32.1. The third-order valence-corrected chi connectivity index (χ3v) is 4.33. The van der Waals surface area contributed by atoms with Crippen LogP contribution >= 0.6 is 12.2 Å². The number of rotatable bonds is 3. The summed E-state index contributed by atoms with van der Waals surface area (Å²) in [6, 6.07) is 8.79. The van der Waals surface area contributed by atoms with Crippen molar-refractivity contribution in [2.75, 3.05) is 11.9 Å². The normalized spacial score (nSPS) is 23.7. The molecule has 1 fully saturated rings. The van der Waals surface area contributed by atoms with E-state index in [4.69, 9.17) is 18.0 Å². The molecule has 0 saturated heterocycles. The Morgan fingerprint density at radius 3 is 2.61 bits per heavy atom. The summed E-state index contributed by atoms with van der Waals surface area (Å²) in [5, 5.41) is 0. The molecule has 0 bridgehead atoms. The molecule has 2 rings (SSSR count). The summed E-state index contributed by atoms with van der Waals surface area (Å²) in [6.07, 6.45) is 5.28. The number of thiocarbonyl (C=S) groups is 1. The predicted molar refractivity (Wildman–Crippen MR) is 82.2 cm³/mol. The molecule has 1 aromatic carbocycles. The van der Waals surface area contributed by atoms with Gasteiger partial charge in [0.05, 0.1) is 0 Å². The van der Waals surface area contributed by atoms with Gasteiger partial charge < -0.3 is 10.6 Å². The van der Waals surface area contributed by atoms with E-state index in [-0.39, 0.29) is 0 Å². The molecule has 1 aliphatic carbocycles. The van der Waals surface area contributed by atoms with E-state index >= 15 is 0 Å². The molecule has 1 saturated carbocycles. The third kappa shape index (κ3) is 2.66. The molecule has 0 aromatic heterocycles. The van der Waals surface area contributed by atoms with E-state index in [2.05, 4.69) is 31.0 Å². The number of nitrogens with two attached hydrogens (primary N) is 1. The van der Waals surface area contributed by atoms with Gasteiger partial charge in [-0.25, -0.2) is 0 Å². The van der Waals surface area contributed by atoms with Crippen molar-refractivity contribution in [3.05, 3.63) is 29.8 Å². The van der Waals surface area contributed by atoms with Crippen LogP contribution in [0.4, 0.5) is 5.69 Å². The zero-order valence-corrected chi connectivity index (χ0v) is 12.0. The summed E-state index contributed by atoms with van der Waals surface area (Å²) in [6.45, 7) is 2.35. The van der Waals surface area contributed by atoms with Gasteiger partial charge in [-0.15, -0.1) is 0 Å². The minimum absolute atomic E-state index is 0.487. The van der Waals surface area contributed by atoms with Crippen molar-refractivity contribution in [2.24, 2.45) is 11.7 Å². The van der Waals surface area contributed by atoms with Crippen LogP contribution in [-0.4, -0.2) is 18.1 Å². The fourth-order valence-corrected chi connectivity index (χ4v) is 3.21. The molecule has 0 spiro atoms. The average Bonchev–Trinajstić information content (AvgIpc) is 2.38. The Morgan fingerprint density at radius 1 is 1.28 bits per heavy atom. The van der Waals surface area contributed by atoms with Gasteiger partial charge in [-0.2, -0.15) is 0 Å². The molecular weight excluding hydrogens is 240 g/mol. The maximum absolute atomic E-state index is 5.82. The van der Waals surface area contributed by atoms with Crippen molar-refractivity contribution in [1.29, 1.82) is 0 Å². The highest BCUT2D eigenvalue weighted by molar-refractivity contribution is 7.80. The molecule has 2 atom stereocenters. The van der Waals surface area contributed by atoms with E-state index in [1.54, 1.807) is 0 Å². The fraction of sp³-hybridized carbons (Fsp3) is 0.533. The van der Waals surface area contributed by atoms with E-state index < -0.39 is 0 Å². The summed E-state index contributed by atoms with van der Waals surface area (Å²) >= 11 is 5.15. The lowest BCUT2D eigenvalue weighted by Gasteiger charge is -2.38. The Morgan fingerprint density at radius 2 is 1.94 bits per heavy atom. The fourth-order valence-electron chi connectivity index (χ4n) is 3.04. The van der Waals surface area contributed by atoms with Crippen molar-refractivity contribution < 1.29 is 0 Å². The molecular formula is C15H22N2S. The second-order valence-electron chi connectivity index (χ2n) is 5.32. The largest absolute Gasteiger partial charge is 0.389 e. The zero-order valence-electron chi connectivity index (χ0n) is 11.2. The van der Waals surface area contributed by atoms with Crippen LogP contribution in [0.15, 0.2) is 24.3 Å². The van der Waals surface area contributed by atoms with Crippen molar-refractivity contribution >= 4 is 22.9 Å². The van der Waals surface area contributed by atoms with Crippen LogP contribution in [0, 0.1) is 5.92 Å². The number of para-hydroxylation sites is 1. The van der Waals surface area contributed by atoms with Crippen LogP contribution in [0.2, 0.25) is 0 Å². The van der Waals surface area contributed by atoms with Crippen molar-refractivity contribution in [3.63, 3.8) is 0 Å². The lowest BCUT2D eigenvalue weighted by atomic mass is 9.84. The summed E-state index contributed by atoms with van der Waals surface area (Å²) in [5.41, 5.74) is 7.98. The Kier molecular flexibility index (Phi) is 4.23. The van der Waals surface area contributed by atoms with E-state index in [1.807, 2.05) is 12.1 Å². The average molecular weight is 262 g/mol. The second kappa shape index (κ2) is 5.70. The number of hydrogen-bond acceptors (Lipinski definition) is 2. The molecule has 0 amide bonds. The monoisotopic (exact) mass is 262 g/mol. The molecule has 3 heteroatoms. The van der Waals surface area contributed by atoms with Gasteiger partial charge in [-0.1, -0.05) is 44.1 Å². The minimum atomic E-state index is 0.487. The maximum Gasteiger partial charge on any atom is 0.106 e. The second-order valence-corrected chi connectivity index (χ2v) is 5.76. The zero-order chi connectivity index (χ0) is 13.1. The first-order valence-corrected chi connectivity index (χ1v) is 7.13. The molecule has 1 aromatic rings.